The number of ketones is 1. The molecule has 0 aromatic heterocycles. The Kier molecular flexibility index (Phi) is 8.09. The van der Waals surface area contributed by atoms with E-state index in [4.69, 9.17) is 23.7 Å². The molecule has 1 aliphatic carbocycles. The van der Waals surface area contributed by atoms with Gasteiger partial charge >= 0.3 is 11.9 Å². The highest BCUT2D eigenvalue weighted by molar-refractivity contribution is 6.12. The molecule has 1 N–H and O–H groups in total. The summed E-state index contributed by atoms with van der Waals surface area (Å²) < 4.78 is 27.0. The van der Waals surface area contributed by atoms with Crippen molar-refractivity contribution in [2.75, 3.05) is 35.0 Å². The van der Waals surface area contributed by atoms with E-state index in [9.17, 15) is 14.4 Å². The van der Waals surface area contributed by atoms with Gasteiger partial charge in [0.25, 0.3) is 0 Å². The first-order chi connectivity index (χ1) is 16.7. The highest BCUT2D eigenvalue weighted by Crippen LogP contribution is 2.49. The molecule has 2 aliphatic rings. The van der Waals surface area contributed by atoms with Crippen molar-refractivity contribution in [3.05, 3.63) is 40.2 Å². The fourth-order valence-corrected chi connectivity index (χ4v) is 4.81. The van der Waals surface area contributed by atoms with Crippen LogP contribution in [0.25, 0.3) is 0 Å². The maximum Gasteiger partial charge on any atom is 0.336 e. The molecule has 3 atom stereocenters. The second-order valence-electron chi connectivity index (χ2n) is 8.62. The summed E-state index contributed by atoms with van der Waals surface area (Å²) in [4.78, 5) is 39.7. The van der Waals surface area contributed by atoms with E-state index in [1.165, 1.54) is 28.4 Å². The van der Waals surface area contributed by atoms with E-state index in [0.29, 0.717) is 52.6 Å². The van der Waals surface area contributed by atoms with E-state index in [0.717, 1.165) is 0 Å². The van der Waals surface area contributed by atoms with Crippen molar-refractivity contribution in [2.45, 2.75) is 39.5 Å². The van der Waals surface area contributed by atoms with Crippen molar-refractivity contribution in [1.82, 2.24) is 5.32 Å². The maximum absolute atomic E-state index is 13.9. The van der Waals surface area contributed by atoms with Crippen molar-refractivity contribution < 1.29 is 38.1 Å². The van der Waals surface area contributed by atoms with Crippen LogP contribution >= 0.6 is 0 Å². The number of nitrogens with one attached hydrogen (secondary N) is 1. The van der Waals surface area contributed by atoms with E-state index in [-0.39, 0.29) is 18.1 Å². The summed E-state index contributed by atoms with van der Waals surface area (Å²) in [6.45, 7) is 5.73. The molecular weight excluding hydrogens is 454 g/mol. The van der Waals surface area contributed by atoms with Crippen LogP contribution in [0.3, 0.4) is 0 Å². The van der Waals surface area contributed by atoms with E-state index < -0.39 is 29.6 Å². The fourth-order valence-electron chi connectivity index (χ4n) is 4.81. The number of esters is 2. The second-order valence-corrected chi connectivity index (χ2v) is 8.62. The van der Waals surface area contributed by atoms with Crippen LogP contribution in [0.4, 0.5) is 0 Å². The van der Waals surface area contributed by atoms with Crippen LogP contribution < -0.4 is 19.5 Å². The number of rotatable bonds is 8. The number of ether oxygens (including phenoxy) is 5. The molecule has 0 spiro atoms. The van der Waals surface area contributed by atoms with E-state index in [1.54, 1.807) is 19.1 Å². The van der Waals surface area contributed by atoms with E-state index in [2.05, 4.69) is 5.32 Å². The Morgan fingerprint density at radius 1 is 1.03 bits per heavy atom. The Morgan fingerprint density at radius 3 is 2.23 bits per heavy atom. The number of hydrogen-bond acceptors (Lipinski definition) is 9. The lowest BCUT2D eigenvalue weighted by Crippen LogP contribution is -2.43. The summed E-state index contributed by atoms with van der Waals surface area (Å²) in [5, 5.41) is 3.24. The molecule has 0 saturated heterocycles. The van der Waals surface area contributed by atoms with Crippen LogP contribution in [0.1, 0.15) is 45.1 Å². The third-order valence-electron chi connectivity index (χ3n) is 6.45. The van der Waals surface area contributed by atoms with Crippen molar-refractivity contribution >= 4 is 17.7 Å². The number of carbonyl (C=O) groups is 3. The third-order valence-corrected chi connectivity index (χ3v) is 6.45. The molecule has 1 aromatic rings. The minimum Gasteiger partial charge on any atom is -0.496 e. The normalized spacial score (nSPS) is 21.7. The lowest BCUT2D eigenvalue weighted by Gasteiger charge is -2.38. The SMILES string of the molecule is CCCOC(=O)C1=C(C)NC2=C(C(=O)[C@H](C(=O)OC)[C@H](C)C2)[C@@H]1c1cc(OC)c(OC)cc1OC. The second kappa shape index (κ2) is 10.8. The lowest BCUT2D eigenvalue weighted by molar-refractivity contribution is -0.151. The predicted molar refractivity (Wildman–Crippen MR) is 127 cm³/mol. The van der Waals surface area contributed by atoms with Gasteiger partial charge in [-0.05, 0) is 31.7 Å². The molecule has 1 heterocycles. The standard InChI is InChI=1S/C26H33NO8/c1-8-9-35-26(30)21-14(3)27-16-10-13(2)20(25(29)34-7)24(28)23(16)22(21)15-11-18(32-5)19(33-6)12-17(15)31-4/h11-13,20,22,27H,8-10H2,1-7H3/t13-,20-,22-/m1/s1. The number of dihydropyridines is 1. The van der Waals surface area contributed by atoms with E-state index in [1.807, 2.05) is 13.8 Å². The van der Waals surface area contributed by atoms with Gasteiger partial charge in [-0.1, -0.05) is 13.8 Å². The summed E-state index contributed by atoms with van der Waals surface area (Å²) in [5.41, 5.74) is 2.35. The molecule has 0 radical (unpaired) electrons. The number of Topliss-reactive ketones (excluding diaryl/α,β-unsaturated/α-hetero) is 1. The zero-order chi connectivity index (χ0) is 25.9. The molecule has 0 saturated carbocycles. The van der Waals surface area contributed by atoms with Gasteiger partial charge in [0.15, 0.2) is 17.3 Å². The molecule has 35 heavy (non-hydrogen) atoms. The van der Waals surface area contributed by atoms with E-state index >= 15 is 0 Å². The number of benzene rings is 1. The monoisotopic (exact) mass is 487 g/mol. The van der Waals surface area contributed by atoms with Gasteiger partial charge in [0.1, 0.15) is 11.7 Å². The molecule has 9 heteroatoms. The summed E-state index contributed by atoms with van der Waals surface area (Å²) in [6.07, 6.45) is 1.08. The first kappa shape index (κ1) is 26.1. The molecule has 0 fully saturated rings. The summed E-state index contributed by atoms with van der Waals surface area (Å²) in [6, 6.07) is 3.34. The number of allylic oxidation sites excluding steroid dienone is 3. The Bertz CT molecular complexity index is 1090. The number of methoxy groups -OCH3 is 4. The van der Waals surface area contributed by atoms with Crippen molar-refractivity contribution in [3.8, 4) is 17.2 Å². The Morgan fingerprint density at radius 2 is 1.66 bits per heavy atom. The molecular formula is C26H33NO8. The highest BCUT2D eigenvalue weighted by atomic mass is 16.5. The van der Waals surface area contributed by atoms with Crippen LogP contribution in [0.2, 0.25) is 0 Å². The minimum absolute atomic E-state index is 0.229. The van der Waals surface area contributed by atoms with Gasteiger partial charge < -0.3 is 29.0 Å². The van der Waals surface area contributed by atoms with Gasteiger partial charge in [0.2, 0.25) is 0 Å². The van der Waals surface area contributed by atoms with Gasteiger partial charge in [0, 0.05) is 28.6 Å². The van der Waals surface area contributed by atoms with Crippen LogP contribution in [-0.2, 0) is 23.9 Å². The molecule has 0 unspecified atom stereocenters. The van der Waals surface area contributed by atoms with Gasteiger partial charge in [-0.25, -0.2) is 4.79 Å². The molecule has 1 aromatic carbocycles. The molecule has 9 nitrogen and oxygen atoms in total. The van der Waals surface area contributed by atoms with Crippen molar-refractivity contribution in [2.24, 2.45) is 11.8 Å². The number of carbonyl (C=O) groups excluding carboxylic acids is 3. The van der Waals surface area contributed by atoms with Crippen molar-refractivity contribution in [3.63, 3.8) is 0 Å². The van der Waals surface area contributed by atoms with Crippen LogP contribution in [0.5, 0.6) is 17.2 Å². The molecule has 0 bridgehead atoms. The number of hydrogen-bond donors (Lipinski definition) is 1. The predicted octanol–water partition coefficient (Wildman–Crippen LogP) is 3.28. The average molecular weight is 488 g/mol. The summed E-state index contributed by atoms with van der Waals surface area (Å²) >= 11 is 0. The van der Waals surface area contributed by atoms with Gasteiger partial charge in [-0.3, -0.25) is 9.59 Å². The smallest absolute Gasteiger partial charge is 0.336 e. The average Bonchev–Trinajstić information content (AvgIpc) is 2.85. The Balaban J connectivity index is 2.30. The highest BCUT2D eigenvalue weighted by Gasteiger charge is 2.48. The zero-order valence-electron chi connectivity index (χ0n) is 21.3. The Labute approximate surface area is 205 Å². The lowest BCUT2D eigenvalue weighted by atomic mass is 9.69. The first-order valence-corrected chi connectivity index (χ1v) is 11.5. The minimum atomic E-state index is -0.986. The molecule has 3 rings (SSSR count). The first-order valence-electron chi connectivity index (χ1n) is 11.5. The van der Waals surface area contributed by atoms with Crippen molar-refractivity contribution in [1.29, 1.82) is 0 Å². The topological polar surface area (TPSA) is 109 Å². The molecule has 0 amide bonds. The van der Waals surface area contributed by atoms with Crippen LogP contribution in [-0.4, -0.2) is 52.8 Å². The van der Waals surface area contributed by atoms with Gasteiger partial charge in [0.05, 0.1) is 46.5 Å². The zero-order valence-corrected chi connectivity index (χ0v) is 21.3. The quantitative estimate of drug-likeness (QED) is 0.436. The van der Waals surface area contributed by atoms with Gasteiger partial charge in [-0.2, -0.15) is 0 Å². The maximum atomic E-state index is 13.9. The Hall–Kier alpha value is -3.49. The fraction of sp³-hybridized carbons (Fsp3) is 0.500. The van der Waals surface area contributed by atoms with Crippen LogP contribution in [0.15, 0.2) is 34.7 Å². The summed E-state index contributed by atoms with van der Waals surface area (Å²) in [7, 11) is 5.76. The largest absolute Gasteiger partial charge is 0.496 e. The molecule has 1 aliphatic heterocycles. The van der Waals surface area contributed by atoms with Crippen LogP contribution in [0, 0.1) is 11.8 Å². The molecule has 190 valence electrons. The van der Waals surface area contributed by atoms with Gasteiger partial charge in [-0.15, -0.1) is 0 Å². The third kappa shape index (κ3) is 4.72. The summed E-state index contributed by atoms with van der Waals surface area (Å²) in [5.74, 6) is -2.43.